The van der Waals surface area contributed by atoms with Gasteiger partial charge in [0.25, 0.3) is 0 Å². The molecule has 1 aromatic carbocycles. The van der Waals surface area contributed by atoms with E-state index in [1.54, 1.807) is 13.0 Å². The third-order valence-electron chi connectivity index (χ3n) is 2.09. The van der Waals surface area contributed by atoms with Crippen LogP contribution in [0.25, 0.3) is 0 Å². The number of hydrogen-bond acceptors (Lipinski definition) is 3. The SMILES string of the molecule is CC(O)C(C)Sc1cc(Br)ccc1C=O. The molecular formula is C11H13BrO2S. The van der Waals surface area contributed by atoms with Crippen molar-refractivity contribution in [3.63, 3.8) is 0 Å². The van der Waals surface area contributed by atoms with Gasteiger partial charge in [0.15, 0.2) is 6.29 Å². The Bertz CT molecular complexity index is 352. The van der Waals surface area contributed by atoms with E-state index in [0.29, 0.717) is 5.56 Å². The highest BCUT2D eigenvalue weighted by Crippen LogP contribution is 2.30. The van der Waals surface area contributed by atoms with Crippen LogP contribution in [0, 0.1) is 0 Å². The van der Waals surface area contributed by atoms with Crippen molar-refractivity contribution in [1.82, 2.24) is 0 Å². The Morgan fingerprint density at radius 3 is 2.67 bits per heavy atom. The maximum Gasteiger partial charge on any atom is 0.151 e. The molecule has 0 aliphatic rings. The predicted molar refractivity (Wildman–Crippen MR) is 66.5 cm³/mol. The van der Waals surface area contributed by atoms with Crippen molar-refractivity contribution < 1.29 is 9.90 Å². The molecule has 2 unspecified atom stereocenters. The topological polar surface area (TPSA) is 37.3 Å². The minimum Gasteiger partial charge on any atom is -0.392 e. The number of aldehydes is 1. The summed E-state index contributed by atoms with van der Waals surface area (Å²) in [6.45, 7) is 3.68. The molecule has 15 heavy (non-hydrogen) atoms. The molecule has 4 heteroatoms. The highest BCUT2D eigenvalue weighted by Gasteiger charge is 2.13. The van der Waals surface area contributed by atoms with E-state index in [2.05, 4.69) is 15.9 Å². The van der Waals surface area contributed by atoms with Crippen LogP contribution in [-0.2, 0) is 0 Å². The lowest BCUT2D eigenvalue weighted by Gasteiger charge is -2.15. The first-order valence-electron chi connectivity index (χ1n) is 4.64. The minimum absolute atomic E-state index is 0.0676. The molecule has 2 atom stereocenters. The Balaban J connectivity index is 2.92. The molecule has 1 aromatic rings. The van der Waals surface area contributed by atoms with Crippen LogP contribution in [0.15, 0.2) is 27.6 Å². The number of carbonyl (C=O) groups excluding carboxylic acids is 1. The fourth-order valence-corrected chi connectivity index (χ4v) is 2.56. The van der Waals surface area contributed by atoms with Gasteiger partial charge in [-0.05, 0) is 25.1 Å². The molecule has 0 aromatic heterocycles. The van der Waals surface area contributed by atoms with Gasteiger partial charge < -0.3 is 5.11 Å². The predicted octanol–water partition coefficient (Wildman–Crippen LogP) is 3.12. The quantitative estimate of drug-likeness (QED) is 0.683. The molecular weight excluding hydrogens is 276 g/mol. The summed E-state index contributed by atoms with van der Waals surface area (Å²) < 4.78 is 0.938. The van der Waals surface area contributed by atoms with Crippen LogP contribution in [0.2, 0.25) is 0 Å². The summed E-state index contributed by atoms with van der Waals surface area (Å²) in [6.07, 6.45) is 0.442. The fraction of sp³-hybridized carbons (Fsp3) is 0.364. The second-order valence-electron chi connectivity index (χ2n) is 3.36. The van der Waals surface area contributed by atoms with Gasteiger partial charge >= 0.3 is 0 Å². The van der Waals surface area contributed by atoms with E-state index in [1.807, 2.05) is 19.1 Å². The van der Waals surface area contributed by atoms with Gasteiger partial charge in [-0.2, -0.15) is 0 Å². The van der Waals surface area contributed by atoms with Crippen LogP contribution in [-0.4, -0.2) is 22.7 Å². The lowest BCUT2D eigenvalue weighted by molar-refractivity contribution is 0.112. The highest BCUT2D eigenvalue weighted by atomic mass is 79.9. The third kappa shape index (κ3) is 3.63. The normalized spacial score (nSPS) is 14.7. The van der Waals surface area contributed by atoms with Crippen molar-refractivity contribution in [3.8, 4) is 0 Å². The molecule has 0 radical (unpaired) electrons. The summed E-state index contributed by atoms with van der Waals surface area (Å²) in [4.78, 5) is 11.7. The number of rotatable bonds is 4. The zero-order valence-electron chi connectivity index (χ0n) is 8.61. The second-order valence-corrected chi connectivity index (χ2v) is 5.70. The van der Waals surface area contributed by atoms with Crippen LogP contribution in [0.1, 0.15) is 24.2 Å². The molecule has 0 saturated heterocycles. The van der Waals surface area contributed by atoms with Crippen molar-refractivity contribution in [3.05, 3.63) is 28.2 Å². The average molecular weight is 289 g/mol. The van der Waals surface area contributed by atoms with E-state index in [-0.39, 0.29) is 5.25 Å². The van der Waals surface area contributed by atoms with E-state index < -0.39 is 6.10 Å². The van der Waals surface area contributed by atoms with E-state index in [4.69, 9.17) is 0 Å². The van der Waals surface area contributed by atoms with Gasteiger partial charge in [0.2, 0.25) is 0 Å². The molecule has 0 bridgehead atoms. The van der Waals surface area contributed by atoms with Crippen molar-refractivity contribution >= 4 is 34.0 Å². The van der Waals surface area contributed by atoms with Gasteiger partial charge in [-0.15, -0.1) is 11.8 Å². The summed E-state index contributed by atoms with van der Waals surface area (Å²) in [6, 6.07) is 5.50. The number of thioether (sulfide) groups is 1. The molecule has 0 heterocycles. The first-order valence-corrected chi connectivity index (χ1v) is 6.31. The zero-order chi connectivity index (χ0) is 11.4. The number of halogens is 1. The molecule has 1 rings (SSSR count). The van der Waals surface area contributed by atoms with Crippen molar-refractivity contribution in [2.45, 2.75) is 30.1 Å². The van der Waals surface area contributed by atoms with Crippen LogP contribution < -0.4 is 0 Å². The number of aliphatic hydroxyl groups is 1. The van der Waals surface area contributed by atoms with Crippen LogP contribution in [0.4, 0.5) is 0 Å². The molecule has 1 N–H and O–H groups in total. The molecule has 0 amide bonds. The summed E-state index contributed by atoms with van der Waals surface area (Å²) in [5, 5.41) is 9.46. The summed E-state index contributed by atoms with van der Waals surface area (Å²) >= 11 is 4.87. The first-order chi connectivity index (χ1) is 7.04. The Kier molecular flexibility index (Phi) is 4.83. The Labute approximate surface area is 102 Å². The largest absolute Gasteiger partial charge is 0.392 e. The lowest BCUT2D eigenvalue weighted by Crippen LogP contribution is -2.15. The van der Waals surface area contributed by atoms with Gasteiger partial charge in [0.1, 0.15) is 0 Å². The zero-order valence-corrected chi connectivity index (χ0v) is 11.0. The molecule has 0 fully saturated rings. The van der Waals surface area contributed by atoms with E-state index in [9.17, 15) is 9.90 Å². The molecule has 0 aliphatic carbocycles. The Hall–Kier alpha value is -0.320. The minimum atomic E-state index is -0.395. The maximum atomic E-state index is 10.8. The van der Waals surface area contributed by atoms with Crippen LogP contribution >= 0.6 is 27.7 Å². The fourth-order valence-electron chi connectivity index (χ4n) is 1.01. The van der Waals surface area contributed by atoms with E-state index >= 15 is 0 Å². The summed E-state index contributed by atoms with van der Waals surface area (Å²) in [7, 11) is 0. The molecule has 82 valence electrons. The molecule has 0 saturated carbocycles. The average Bonchev–Trinajstić information content (AvgIpc) is 2.18. The Morgan fingerprint density at radius 1 is 1.47 bits per heavy atom. The third-order valence-corrected chi connectivity index (χ3v) is 3.96. The number of benzene rings is 1. The number of carbonyl (C=O) groups is 1. The van der Waals surface area contributed by atoms with Gasteiger partial charge in [-0.1, -0.05) is 22.9 Å². The van der Waals surface area contributed by atoms with Crippen LogP contribution in [0.5, 0.6) is 0 Å². The molecule has 2 nitrogen and oxygen atoms in total. The van der Waals surface area contributed by atoms with Crippen molar-refractivity contribution in [1.29, 1.82) is 0 Å². The first kappa shape index (κ1) is 12.7. The molecule has 0 spiro atoms. The number of hydrogen-bond donors (Lipinski definition) is 1. The van der Waals surface area contributed by atoms with Gasteiger partial charge in [0.05, 0.1) is 6.10 Å². The van der Waals surface area contributed by atoms with Crippen molar-refractivity contribution in [2.24, 2.45) is 0 Å². The van der Waals surface area contributed by atoms with E-state index in [0.717, 1.165) is 15.7 Å². The second kappa shape index (κ2) is 5.68. The number of aliphatic hydroxyl groups excluding tert-OH is 1. The molecule has 0 aliphatic heterocycles. The van der Waals surface area contributed by atoms with Crippen molar-refractivity contribution in [2.75, 3.05) is 0 Å². The lowest BCUT2D eigenvalue weighted by atomic mass is 10.2. The summed E-state index contributed by atoms with van der Waals surface area (Å²) in [5.41, 5.74) is 0.663. The van der Waals surface area contributed by atoms with Gasteiger partial charge in [0, 0.05) is 20.2 Å². The summed E-state index contributed by atoms with van der Waals surface area (Å²) in [5.74, 6) is 0. The smallest absolute Gasteiger partial charge is 0.151 e. The Morgan fingerprint density at radius 2 is 2.13 bits per heavy atom. The van der Waals surface area contributed by atoms with E-state index in [1.165, 1.54) is 11.8 Å². The monoisotopic (exact) mass is 288 g/mol. The van der Waals surface area contributed by atoms with Crippen LogP contribution in [0.3, 0.4) is 0 Å². The van der Waals surface area contributed by atoms with Gasteiger partial charge in [-0.25, -0.2) is 0 Å². The standard InChI is InChI=1S/C11H13BrO2S/c1-7(14)8(2)15-11-5-10(12)4-3-9(11)6-13/h3-8,14H,1-2H3. The highest BCUT2D eigenvalue weighted by molar-refractivity contribution is 9.10. The van der Waals surface area contributed by atoms with Gasteiger partial charge in [-0.3, -0.25) is 4.79 Å². The maximum absolute atomic E-state index is 10.8.